The Kier molecular flexibility index (Phi) is 6.18. The first kappa shape index (κ1) is 27.5. The van der Waals surface area contributed by atoms with Crippen LogP contribution in [0.15, 0.2) is 185 Å². The van der Waals surface area contributed by atoms with Crippen molar-refractivity contribution in [3.63, 3.8) is 0 Å². The molecule has 0 N–H and O–H groups in total. The van der Waals surface area contributed by atoms with E-state index in [0.29, 0.717) is 0 Å². The van der Waals surface area contributed by atoms with Gasteiger partial charge in [-0.25, -0.2) is 0 Å². The van der Waals surface area contributed by atoms with Crippen LogP contribution in [0.25, 0.3) is 76.9 Å². The van der Waals surface area contributed by atoms with Gasteiger partial charge in [0.1, 0.15) is 22.3 Å². The topological polar surface area (TPSA) is 29.5 Å². The van der Waals surface area contributed by atoms with E-state index in [1.165, 1.54) is 16.5 Å². The Balaban J connectivity index is 1.08. The lowest BCUT2D eigenvalue weighted by molar-refractivity contribution is 0.669. The molecule has 0 bridgehead atoms. The maximum Gasteiger partial charge on any atom is 0.137 e. The third kappa shape index (κ3) is 4.59. The Morgan fingerprint density at radius 3 is 1.65 bits per heavy atom. The van der Waals surface area contributed by atoms with Gasteiger partial charge in [-0.2, -0.15) is 0 Å². The largest absolute Gasteiger partial charge is 0.456 e. The average Bonchev–Trinajstić information content (AvgIpc) is 3.73. The second kappa shape index (κ2) is 11.0. The summed E-state index contributed by atoms with van der Waals surface area (Å²) in [5, 5.41) is 6.86. The third-order valence-electron chi connectivity index (χ3n) is 9.65. The number of nitrogens with zero attached hydrogens (tertiary/aromatic N) is 1. The standard InChI is InChI=1S/C46H29NO2/c1-2-9-30(10-3-1)31-19-23-36(24-20-31)47(41-13-8-16-44-46(41)39-12-5-7-15-43(39)48-44)37-25-21-32(22-26-37)33-17-18-34-28-40-38-11-4-6-14-42(38)49-45(40)29-35(34)27-33/h1-29H. The summed E-state index contributed by atoms with van der Waals surface area (Å²) in [5.74, 6) is 0. The molecule has 0 aliphatic carbocycles. The molecule has 0 spiro atoms. The van der Waals surface area contributed by atoms with Crippen LogP contribution in [0.2, 0.25) is 0 Å². The fourth-order valence-corrected chi connectivity index (χ4v) is 7.25. The van der Waals surface area contributed by atoms with Gasteiger partial charge in [-0.3, -0.25) is 0 Å². The molecule has 230 valence electrons. The van der Waals surface area contributed by atoms with E-state index in [9.17, 15) is 0 Å². The van der Waals surface area contributed by atoms with Gasteiger partial charge in [-0.15, -0.1) is 0 Å². The van der Waals surface area contributed by atoms with E-state index in [0.717, 1.165) is 77.5 Å². The maximum atomic E-state index is 6.31. The molecule has 0 radical (unpaired) electrons. The predicted molar refractivity (Wildman–Crippen MR) is 204 cm³/mol. The molecule has 0 aliphatic heterocycles. The minimum absolute atomic E-state index is 0.871. The Labute approximate surface area is 282 Å². The molecule has 0 saturated carbocycles. The summed E-state index contributed by atoms with van der Waals surface area (Å²) >= 11 is 0. The van der Waals surface area contributed by atoms with Crippen LogP contribution >= 0.6 is 0 Å². The monoisotopic (exact) mass is 627 g/mol. The summed E-state index contributed by atoms with van der Waals surface area (Å²) in [4.78, 5) is 2.33. The summed E-state index contributed by atoms with van der Waals surface area (Å²) in [6.07, 6.45) is 0. The molecular weight excluding hydrogens is 599 g/mol. The predicted octanol–water partition coefficient (Wildman–Crippen LogP) is 13.4. The van der Waals surface area contributed by atoms with E-state index in [4.69, 9.17) is 8.83 Å². The first-order chi connectivity index (χ1) is 24.3. The molecular formula is C46H29NO2. The molecule has 3 nitrogen and oxygen atoms in total. The van der Waals surface area contributed by atoms with Crippen molar-refractivity contribution in [2.24, 2.45) is 0 Å². The first-order valence-corrected chi connectivity index (χ1v) is 16.6. The molecule has 0 amide bonds. The zero-order valence-electron chi connectivity index (χ0n) is 26.5. The van der Waals surface area contributed by atoms with Crippen molar-refractivity contribution in [1.82, 2.24) is 0 Å². The second-order valence-electron chi connectivity index (χ2n) is 12.6. The molecule has 2 heterocycles. The summed E-state index contributed by atoms with van der Waals surface area (Å²) in [6, 6.07) is 62.1. The summed E-state index contributed by atoms with van der Waals surface area (Å²) in [5.41, 5.74) is 11.5. The van der Waals surface area contributed by atoms with E-state index < -0.39 is 0 Å². The molecule has 0 unspecified atom stereocenters. The van der Waals surface area contributed by atoms with Crippen molar-refractivity contribution in [3.05, 3.63) is 176 Å². The molecule has 0 atom stereocenters. The molecule has 0 saturated heterocycles. The molecule has 0 fully saturated rings. The third-order valence-corrected chi connectivity index (χ3v) is 9.65. The number of anilines is 3. The highest BCUT2D eigenvalue weighted by Gasteiger charge is 2.19. The van der Waals surface area contributed by atoms with Crippen LogP contribution in [0.1, 0.15) is 0 Å². The van der Waals surface area contributed by atoms with Crippen molar-refractivity contribution < 1.29 is 8.83 Å². The Morgan fingerprint density at radius 1 is 0.327 bits per heavy atom. The molecule has 49 heavy (non-hydrogen) atoms. The van der Waals surface area contributed by atoms with Gasteiger partial charge < -0.3 is 13.7 Å². The van der Waals surface area contributed by atoms with Crippen molar-refractivity contribution >= 4 is 71.7 Å². The molecule has 10 aromatic rings. The van der Waals surface area contributed by atoms with Gasteiger partial charge in [0.05, 0.1) is 11.1 Å². The number of furan rings is 2. The quantitative estimate of drug-likeness (QED) is 0.190. The highest BCUT2D eigenvalue weighted by molar-refractivity contribution is 6.13. The van der Waals surface area contributed by atoms with E-state index in [1.54, 1.807) is 0 Å². The van der Waals surface area contributed by atoms with E-state index in [-0.39, 0.29) is 0 Å². The second-order valence-corrected chi connectivity index (χ2v) is 12.6. The lowest BCUT2D eigenvalue weighted by Gasteiger charge is -2.26. The number of fused-ring (bicyclic) bond motifs is 7. The lowest BCUT2D eigenvalue weighted by atomic mass is 9.99. The first-order valence-electron chi connectivity index (χ1n) is 16.6. The number of hydrogen-bond acceptors (Lipinski definition) is 3. The van der Waals surface area contributed by atoms with Gasteiger partial charge in [0.15, 0.2) is 0 Å². The van der Waals surface area contributed by atoms with Crippen molar-refractivity contribution in [1.29, 1.82) is 0 Å². The highest BCUT2D eigenvalue weighted by Crippen LogP contribution is 2.43. The molecule has 2 aromatic heterocycles. The molecule has 8 aromatic carbocycles. The summed E-state index contributed by atoms with van der Waals surface area (Å²) in [6.45, 7) is 0. The van der Waals surface area contributed by atoms with Crippen molar-refractivity contribution in [3.8, 4) is 22.3 Å². The van der Waals surface area contributed by atoms with Crippen LogP contribution in [0.5, 0.6) is 0 Å². The number of para-hydroxylation sites is 2. The van der Waals surface area contributed by atoms with Gasteiger partial charge in [0, 0.05) is 27.5 Å². The van der Waals surface area contributed by atoms with E-state index in [1.807, 2.05) is 24.3 Å². The van der Waals surface area contributed by atoms with Crippen LogP contribution in [-0.4, -0.2) is 0 Å². The van der Waals surface area contributed by atoms with Crippen LogP contribution in [0, 0.1) is 0 Å². The summed E-state index contributed by atoms with van der Waals surface area (Å²) < 4.78 is 12.5. The molecule has 3 heteroatoms. The smallest absolute Gasteiger partial charge is 0.137 e. The molecule has 0 aliphatic rings. The number of rotatable bonds is 5. The van der Waals surface area contributed by atoms with Gasteiger partial charge in [0.2, 0.25) is 0 Å². The fraction of sp³-hybridized carbons (Fsp3) is 0. The minimum atomic E-state index is 0.871. The van der Waals surface area contributed by atoms with Crippen molar-refractivity contribution in [2.75, 3.05) is 4.90 Å². The maximum absolute atomic E-state index is 6.31. The van der Waals surface area contributed by atoms with Crippen LogP contribution in [0.4, 0.5) is 17.1 Å². The number of hydrogen-bond donors (Lipinski definition) is 0. The molecule has 10 rings (SSSR count). The fourth-order valence-electron chi connectivity index (χ4n) is 7.25. The van der Waals surface area contributed by atoms with Gasteiger partial charge in [-0.05, 0) is 99.8 Å². The average molecular weight is 628 g/mol. The minimum Gasteiger partial charge on any atom is -0.456 e. The lowest BCUT2D eigenvalue weighted by Crippen LogP contribution is -2.10. The van der Waals surface area contributed by atoms with Gasteiger partial charge in [-0.1, -0.05) is 109 Å². The Bertz CT molecular complexity index is 2810. The Morgan fingerprint density at radius 2 is 0.898 bits per heavy atom. The SMILES string of the molecule is c1ccc(-c2ccc(N(c3ccc(-c4ccc5cc6c(cc5c4)oc4ccccc46)cc3)c3cccc4oc5ccccc5c34)cc2)cc1. The zero-order chi connectivity index (χ0) is 32.3. The van der Waals surface area contributed by atoms with E-state index >= 15 is 0 Å². The van der Waals surface area contributed by atoms with Crippen LogP contribution in [0.3, 0.4) is 0 Å². The Hall–Kier alpha value is -6.58. The zero-order valence-corrected chi connectivity index (χ0v) is 26.5. The van der Waals surface area contributed by atoms with Crippen molar-refractivity contribution in [2.45, 2.75) is 0 Å². The van der Waals surface area contributed by atoms with Gasteiger partial charge in [0.25, 0.3) is 0 Å². The number of benzene rings is 8. The van der Waals surface area contributed by atoms with Crippen LogP contribution in [-0.2, 0) is 0 Å². The normalized spacial score (nSPS) is 11.7. The highest BCUT2D eigenvalue weighted by atomic mass is 16.3. The summed E-state index contributed by atoms with van der Waals surface area (Å²) in [7, 11) is 0. The van der Waals surface area contributed by atoms with Gasteiger partial charge >= 0.3 is 0 Å². The van der Waals surface area contributed by atoms with E-state index in [2.05, 4.69) is 157 Å². The van der Waals surface area contributed by atoms with Crippen LogP contribution < -0.4 is 4.90 Å².